The second-order valence-corrected chi connectivity index (χ2v) is 6.52. The average molecular weight is 299 g/mol. The predicted octanol–water partition coefficient (Wildman–Crippen LogP) is 0.676. The van der Waals surface area contributed by atoms with Crippen molar-refractivity contribution in [2.45, 2.75) is 43.9 Å². The third-order valence-corrected chi connectivity index (χ3v) is 4.81. The maximum Gasteiger partial charge on any atom is 0.347 e. The van der Waals surface area contributed by atoms with Gasteiger partial charge in [0, 0.05) is 6.54 Å². The van der Waals surface area contributed by atoms with E-state index in [4.69, 9.17) is 0 Å². The van der Waals surface area contributed by atoms with Crippen molar-refractivity contribution in [3.8, 4) is 0 Å². The van der Waals surface area contributed by atoms with Crippen molar-refractivity contribution in [2.24, 2.45) is 0 Å². The van der Waals surface area contributed by atoms with Crippen LogP contribution in [0.3, 0.4) is 0 Å². The predicted molar refractivity (Wildman–Crippen MR) is 69.7 cm³/mol. The van der Waals surface area contributed by atoms with Crippen molar-refractivity contribution in [3.05, 3.63) is 0 Å². The van der Waals surface area contributed by atoms with Gasteiger partial charge < -0.3 is 20.0 Å². The third kappa shape index (κ3) is 3.45. The van der Waals surface area contributed by atoms with E-state index in [1.54, 1.807) is 0 Å². The van der Waals surface area contributed by atoms with E-state index in [1.807, 2.05) is 0 Å². The number of nitrogens with zero attached hydrogens (tertiary/aromatic N) is 1. The minimum absolute atomic E-state index is 0. The lowest BCUT2D eigenvalue weighted by Crippen LogP contribution is -2.49. The van der Waals surface area contributed by atoms with Gasteiger partial charge in [-0.1, -0.05) is 6.42 Å². The monoisotopic (exact) mass is 298 g/mol. The normalized spacial score (nSPS) is 28.9. The first-order valence-electron chi connectivity index (χ1n) is 6.09. The zero-order valence-electron chi connectivity index (χ0n) is 10.1. The van der Waals surface area contributed by atoms with E-state index >= 15 is 0 Å². The van der Waals surface area contributed by atoms with Crippen molar-refractivity contribution in [1.29, 1.82) is 0 Å². The highest BCUT2D eigenvalue weighted by Crippen LogP contribution is 2.48. The van der Waals surface area contributed by atoms with Crippen molar-refractivity contribution in [2.75, 3.05) is 13.1 Å². The molecule has 2 rings (SSSR count). The minimum atomic E-state index is -4.20. The van der Waals surface area contributed by atoms with Crippen LogP contribution >= 0.6 is 20.0 Å². The van der Waals surface area contributed by atoms with E-state index in [9.17, 15) is 19.1 Å². The van der Waals surface area contributed by atoms with Gasteiger partial charge in [0.05, 0.1) is 6.04 Å². The summed E-state index contributed by atoms with van der Waals surface area (Å²) in [5.74, 6) is -1.05. The molecule has 0 spiro atoms. The highest BCUT2D eigenvalue weighted by Gasteiger charge is 2.42. The number of likely N-dealkylation sites (tertiary alicyclic amines) is 1. The van der Waals surface area contributed by atoms with Gasteiger partial charge in [0.25, 0.3) is 0 Å². The first-order chi connectivity index (χ1) is 8.00. The Kier molecular flexibility index (Phi) is 5.62. The van der Waals surface area contributed by atoms with Gasteiger partial charge in [0.2, 0.25) is 5.91 Å². The lowest BCUT2D eigenvalue weighted by Gasteiger charge is -2.31. The van der Waals surface area contributed by atoms with Crippen molar-refractivity contribution in [1.82, 2.24) is 10.2 Å². The van der Waals surface area contributed by atoms with Crippen LogP contribution in [0.4, 0.5) is 0 Å². The molecule has 2 atom stereocenters. The summed E-state index contributed by atoms with van der Waals surface area (Å²) in [4.78, 5) is 32.0. The van der Waals surface area contributed by atoms with Crippen molar-refractivity contribution in [3.63, 3.8) is 0 Å². The van der Waals surface area contributed by atoms with Crippen LogP contribution in [-0.4, -0.2) is 45.5 Å². The molecule has 0 unspecified atom stereocenters. The molecule has 18 heavy (non-hydrogen) atoms. The smallest absolute Gasteiger partial charge is 0.327 e. The van der Waals surface area contributed by atoms with Gasteiger partial charge in [-0.2, -0.15) is 0 Å². The fourth-order valence-electron chi connectivity index (χ4n) is 2.62. The number of carbonyl (C=O) groups is 1. The summed E-state index contributed by atoms with van der Waals surface area (Å²) in [6.07, 6.45) is 3.91. The summed E-state index contributed by atoms with van der Waals surface area (Å²) < 4.78 is 11.3. The largest absolute Gasteiger partial charge is 0.347 e. The highest BCUT2D eigenvalue weighted by atomic mass is 35.5. The fourth-order valence-corrected chi connectivity index (χ4v) is 3.73. The number of halogens is 1. The molecule has 6 nitrogen and oxygen atoms in total. The van der Waals surface area contributed by atoms with Crippen LogP contribution in [0.1, 0.15) is 32.1 Å². The molecule has 3 N–H and O–H groups in total. The first kappa shape index (κ1) is 15.9. The molecule has 0 aliphatic carbocycles. The van der Waals surface area contributed by atoms with Crippen LogP contribution in [0, 0.1) is 0 Å². The Morgan fingerprint density at radius 3 is 2.50 bits per heavy atom. The first-order valence-corrected chi connectivity index (χ1v) is 7.77. The maximum atomic E-state index is 12.2. The van der Waals surface area contributed by atoms with Crippen molar-refractivity contribution < 1.29 is 19.1 Å². The molecule has 2 saturated heterocycles. The quantitative estimate of drug-likeness (QED) is 0.652. The number of nitrogens with one attached hydrogen (secondary N) is 1. The summed E-state index contributed by atoms with van der Waals surface area (Å²) >= 11 is 0. The third-order valence-electron chi connectivity index (χ3n) is 3.50. The molecule has 0 bridgehead atoms. The number of carbonyl (C=O) groups excluding carboxylic acids is 1. The average Bonchev–Trinajstić information content (AvgIpc) is 2.78. The second kappa shape index (κ2) is 6.35. The van der Waals surface area contributed by atoms with Crippen LogP contribution in [0.15, 0.2) is 0 Å². The molecule has 2 fully saturated rings. The van der Waals surface area contributed by atoms with Crippen LogP contribution < -0.4 is 5.32 Å². The minimum Gasteiger partial charge on any atom is -0.327 e. The number of hydrogen-bond acceptors (Lipinski definition) is 3. The summed E-state index contributed by atoms with van der Waals surface area (Å²) in [7, 11) is -4.20. The summed E-state index contributed by atoms with van der Waals surface area (Å²) in [5.41, 5.74) is 0. The van der Waals surface area contributed by atoms with E-state index < -0.39 is 13.4 Å². The Bertz CT molecular complexity index is 343. The molecular weight excluding hydrogens is 279 g/mol. The summed E-state index contributed by atoms with van der Waals surface area (Å²) in [6.45, 7) is 1.28. The summed E-state index contributed by atoms with van der Waals surface area (Å²) in [5, 5.41) is 3.12. The zero-order valence-corrected chi connectivity index (χ0v) is 11.8. The van der Waals surface area contributed by atoms with Crippen LogP contribution in [-0.2, 0) is 9.36 Å². The molecular formula is C10H20ClN2O4P. The van der Waals surface area contributed by atoms with Gasteiger partial charge in [-0.3, -0.25) is 9.36 Å². The topological polar surface area (TPSA) is 89.9 Å². The van der Waals surface area contributed by atoms with Gasteiger partial charge in [-0.05, 0) is 32.2 Å². The Morgan fingerprint density at radius 2 is 1.94 bits per heavy atom. The van der Waals surface area contributed by atoms with Crippen molar-refractivity contribution >= 4 is 25.9 Å². The lowest BCUT2D eigenvalue weighted by atomic mass is 10.0. The second-order valence-electron chi connectivity index (χ2n) is 4.75. The van der Waals surface area contributed by atoms with Crippen LogP contribution in [0.25, 0.3) is 0 Å². The molecule has 0 saturated carbocycles. The Balaban J connectivity index is 0.00000162. The lowest BCUT2D eigenvalue weighted by molar-refractivity contribution is -0.133. The van der Waals surface area contributed by atoms with E-state index in [1.165, 1.54) is 4.90 Å². The molecule has 2 heterocycles. The number of hydrogen-bond donors (Lipinski definition) is 3. The van der Waals surface area contributed by atoms with Gasteiger partial charge in [0.15, 0.2) is 0 Å². The SMILES string of the molecule is Cl.O=C([C@@H]1CCCCN1)N1CCC[C@@H]1P(=O)(O)O. The van der Waals surface area contributed by atoms with Gasteiger partial charge in [-0.15, -0.1) is 12.4 Å². The van der Waals surface area contributed by atoms with Gasteiger partial charge in [0.1, 0.15) is 5.78 Å². The number of piperidine rings is 1. The Morgan fingerprint density at radius 1 is 1.22 bits per heavy atom. The highest BCUT2D eigenvalue weighted by molar-refractivity contribution is 7.52. The molecule has 0 aromatic rings. The van der Waals surface area contributed by atoms with E-state index in [0.29, 0.717) is 19.4 Å². The molecule has 106 valence electrons. The molecule has 0 aromatic heterocycles. The van der Waals surface area contributed by atoms with Gasteiger partial charge in [-0.25, -0.2) is 0 Å². The van der Waals surface area contributed by atoms with E-state index in [-0.39, 0.29) is 24.4 Å². The standard InChI is InChI=1S/C10H19N2O4P.ClH/c13-10(8-4-1-2-6-11-8)12-7-3-5-9(12)17(14,15)16;/h8-9,11H,1-7H2,(H2,14,15,16);1H/t8-,9-;/m0./s1. The number of amides is 1. The number of rotatable bonds is 2. The molecule has 0 aromatic carbocycles. The molecule has 8 heteroatoms. The molecule has 1 amide bonds. The van der Waals surface area contributed by atoms with Gasteiger partial charge >= 0.3 is 7.60 Å². The molecule has 2 aliphatic rings. The zero-order chi connectivity index (χ0) is 12.5. The summed E-state index contributed by atoms with van der Waals surface area (Å²) in [6, 6.07) is -0.254. The van der Waals surface area contributed by atoms with E-state index in [2.05, 4.69) is 5.32 Å². The maximum absolute atomic E-state index is 12.2. The van der Waals surface area contributed by atoms with Crippen LogP contribution in [0.2, 0.25) is 0 Å². The van der Waals surface area contributed by atoms with E-state index in [0.717, 1.165) is 25.8 Å². The molecule has 2 aliphatic heterocycles. The van der Waals surface area contributed by atoms with Crippen LogP contribution in [0.5, 0.6) is 0 Å². The Labute approximate surface area is 113 Å². The Hall–Kier alpha value is -0.130. The molecule has 0 radical (unpaired) electrons. The fraction of sp³-hybridized carbons (Fsp3) is 0.900.